The molecular formula is C12H22N2O4. The van der Waals surface area contributed by atoms with Crippen molar-refractivity contribution in [2.75, 3.05) is 13.2 Å². The average molecular weight is 258 g/mol. The molecule has 0 spiro atoms. The van der Waals surface area contributed by atoms with Crippen LogP contribution < -0.4 is 5.32 Å². The molecule has 104 valence electrons. The molecule has 0 saturated carbocycles. The van der Waals surface area contributed by atoms with E-state index in [1.54, 1.807) is 18.7 Å². The Morgan fingerprint density at radius 3 is 2.56 bits per heavy atom. The molecular weight excluding hydrogens is 236 g/mol. The molecule has 1 rings (SSSR count). The first-order valence-corrected chi connectivity index (χ1v) is 6.29. The van der Waals surface area contributed by atoms with Crippen LogP contribution in [-0.2, 0) is 4.79 Å². The minimum Gasteiger partial charge on any atom is -0.481 e. The van der Waals surface area contributed by atoms with Crippen molar-refractivity contribution < 1.29 is 19.8 Å². The molecule has 1 fully saturated rings. The fourth-order valence-electron chi connectivity index (χ4n) is 2.16. The number of nitrogens with one attached hydrogen (secondary N) is 1. The van der Waals surface area contributed by atoms with Crippen LogP contribution in [0.1, 0.15) is 27.2 Å². The van der Waals surface area contributed by atoms with Gasteiger partial charge in [0.15, 0.2) is 0 Å². The van der Waals surface area contributed by atoms with Gasteiger partial charge in [-0.1, -0.05) is 6.92 Å². The molecule has 0 aromatic carbocycles. The van der Waals surface area contributed by atoms with Gasteiger partial charge in [0.05, 0.1) is 18.6 Å². The van der Waals surface area contributed by atoms with Crippen molar-refractivity contribution in [2.45, 2.75) is 39.3 Å². The summed E-state index contributed by atoms with van der Waals surface area (Å²) in [5, 5.41) is 20.8. The van der Waals surface area contributed by atoms with E-state index < -0.39 is 17.9 Å². The Bertz CT molecular complexity index is 321. The molecule has 4 atom stereocenters. The number of hydrogen-bond donors (Lipinski definition) is 3. The molecule has 0 bridgehead atoms. The third-order valence-corrected chi connectivity index (χ3v) is 3.82. The molecule has 0 aromatic rings. The lowest BCUT2D eigenvalue weighted by Gasteiger charge is -2.28. The summed E-state index contributed by atoms with van der Waals surface area (Å²) in [7, 11) is 0. The van der Waals surface area contributed by atoms with Gasteiger partial charge in [-0.3, -0.25) is 4.79 Å². The number of carbonyl (C=O) groups is 2. The summed E-state index contributed by atoms with van der Waals surface area (Å²) in [6, 6.07) is -0.901. The third kappa shape index (κ3) is 3.13. The van der Waals surface area contributed by atoms with E-state index >= 15 is 0 Å². The van der Waals surface area contributed by atoms with Crippen LogP contribution in [0.2, 0.25) is 0 Å². The first kappa shape index (κ1) is 14.8. The lowest BCUT2D eigenvalue weighted by atomic mass is 10.0. The van der Waals surface area contributed by atoms with Crippen molar-refractivity contribution in [3.05, 3.63) is 0 Å². The summed E-state index contributed by atoms with van der Waals surface area (Å²) < 4.78 is 0. The van der Waals surface area contributed by atoms with E-state index in [-0.39, 0.29) is 24.6 Å². The largest absolute Gasteiger partial charge is 0.481 e. The monoisotopic (exact) mass is 258 g/mol. The average Bonchev–Trinajstić information content (AvgIpc) is 2.68. The number of likely N-dealkylation sites (tertiary alicyclic amines) is 1. The summed E-state index contributed by atoms with van der Waals surface area (Å²) in [5.41, 5.74) is 0. The second-order valence-corrected chi connectivity index (χ2v) is 5.07. The summed E-state index contributed by atoms with van der Waals surface area (Å²) in [4.78, 5) is 24.4. The molecule has 1 aliphatic rings. The molecule has 1 heterocycles. The van der Waals surface area contributed by atoms with Gasteiger partial charge in [-0.2, -0.15) is 0 Å². The minimum atomic E-state index is -0.934. The molecule has 18 heavy (non-hydrogen) atoms. The number of rotatable bonds is 4. The first-order valence-electron chi connectivity index (χ1n) is 6.29. The molecule has 0 radical (unpaired) electrons. The Labute approximate surface area is 107 Å². The third-order valence-electron chi connectivity index (χ3n) is 3.82. The molecule has 6 nitrogen and oxygen atoms in total. The number of aliphatic hydroxyl groups excluding tert-OH is 1. The Balaban J connectivity index is 2.58. The van der Waals surface area contributed by atoms with E-state index in [1.165, 1.54) is 0 Å². The highest BCUT2D eigenvalue weighted by Gasteiger charge is 2.35. The second-order valence-electron chi connectivity index (χ2n) is 5.07. The summed E-state index contributed by atoms with van der Waals surface area (Å²) in [5.74, 6) is -1.30. The zero-order valence-corrected chi connectivity index (χ0v) is 11.1. The standard InChI is InChI=1S/C12H22N2O4/c1-7-4-5-14(10(7)6-15)12(18)13-9(3)8(2)11(16)17/h7-10,15H,4-6H2,1-3H3,(H,13,18)(H,16,17). The number of aliphatic hydroxyl groups is 1. The van der Waals surface area contributed by atoms with Crippen molar-refractivity contribution in [3.63, 3.8) is 0 Å². The molecule has 0 aromatic heterocycles. The number of carboxylic acids is 1. The maximum Gasteiger partial charge on any atom is 0.317 e. The maximum absolute atomic E-state index is 12.0. The highest BCUT2D eigenvalue weighted by Crippen LogP contribution is 2.23. The Kier molecular flexibility index (Phi) is 4.95. The Morgan fingerprint density at radius 1 is 1.44 bits per heavy atom. The number of carboxylic acid groups (broad SMARTS) is 1. The first-order chi connectivity index (χ1) is 8.38. The number of urea groups is 1. The molecule has 4 unspecified atom stereocenters. The van der Waals surface area contributed by atoms with Gasteiger partial charge in [-0.15, -0.1) is 0 Å². The second kappa shape index (κ2) is 6.04. The lowest BCUT2D eigenvalue weighted by Crippen LogP contribution is -2.50. The molecule has 3 N–H and O–H groups in total. The lowest BCUT2D eigenvalue weighted by molar-refractivity contribution is -0.141. The van der Waals surface area contributed by atoms with E-state index in [1.807, 2.05) is 6.92 Å². The molecule has 1 aliphatic heterocycles. The van der Waals surface area contributed by atoms with Crippen molar-refractivity contribution in [1.29, 1.82) is 0 Å². The maximum atomic E-state index is 12.0. The van der Waals surface area contributed by atoms with Crippen LogP contribution in [0, 0.1) is 11.8 Å². The van der Waals surface area contributed by atoms with Gasteiger partial charge in [-0.25, -0.2) is 4.79 Å². The van der Waals surface area contributed by atoms with Gasteiger partial charge in [-0.05, 0) is 26.2 Å². The van der Waals surface area contributed by atoms with Crippen LogP contribution in [0.4, 0.5) is 4.79 Å². The quantitative estimate of drug-likeness (QED) is 0.685. The van der Waals surface area contributed by atoms with Gasteiger partial charge < -0.3 is 20.4 Å². The van der Waals surface area contributed by atoms with E-state index in [4.69, 9.17) is 5.11 Å². The SMILES string of the molecule is CC1CCN(C(=O)NC(C)C(C)C(=O)O)C1CO. The van der Waals surface area contributed by atoms with Gasteiger partial charge in [0, 0.05) is 12.6 Å². The normalized spacial score (nSPS) is 26.8. The summed E-state index contributed by atoms with van der Waals surface area (Å²) in [6.45, 7) is 5.77. The van der Waals surface area contributed by atoms with Crippen LogP contribution >= 0.6 is 0 Å². The van der Waals surface area contributed by atoms with Crippen LogP contribution in [0.25, 0.3) is 0 Å². The van der Waals surface area contributed by atoms with E-state index in [0.29, 0.717) is 6.54 Å². The fraction of sp³-hybridized carbons (Fsp3) is 0.833. The number of aliphatic carboxylic acids is 1. The van der Waals surface area contributed by atoms with Crippen molar-refractivity contribution in [2.24, 2.45) is 11.8 Å². The van der Waals surface area contributed by atoms with Crippen LogP contribution in [0.3, 0.4) is 0 Å². The van der Waals surface area contributed by atoms with E-state index in [0.717, 1.165) is 6.42 Å². The summed E-state index contributed by atoms with van der Waals surface area (Å²) in [6.07, 6.45) is 0.863. The molecule has 1 saturated heterocycles. The van der Waals surface area contributed by atoms with Crippen LogP contribution in [-0.4, -0.2) is 52.3 Å². The smallest absolute Gasteiger partial charge is 0.317 e. The zero-order chi connectivity index (χ0) is 13.9. The van der Waals surface area contributed by atoms with Crippen LogP contribution in [0.5, 0.6) is 0 Å². The Morgan fingerprint density at radius 2 is 2.06 bits per heavy atom. The highest BCUT2D eigenvalue weighted by atomic mass is 16.4. The van der Waals surface area contributed by atoms with E-state index in [9.17, 15) is 14.7 Å². The van der Waals surface area contributed by atoms with Gasteiger partial charge >= 0.3 is 12.0 Å². The number of carbonyl (C=O) groups excluding carboxylic acids is 1. The minimum absolute atomic E-state index is 0.0581. The fourth-order valence-corrected chi connectivity index (χ4v) is 2.16. The number of hydrogen-bond acceptors (Lipinski definition) is 3. The van der Waals surface area contributed by atoms with Crippen molar-refractivity contribution >= 4 is 12.0 Å². The van der Waals surface area contributed by atoms with E-state index in [2.05, 4.69) is 5.32 Å². The zero-order valence-electron chi connectivity index (χ0n) is 11.1. The van der Waals surface area contributed by atoms with Crippen LogP contribution in [0.15, 0.2) is 0 Å². The summed E-state index contributed by atoms with van der Waals surface area (Å²) >= 11 is 0. The van der Waals surface area contributed by atoms with Crippen molar-refractivity contribution in [1.82, 2.24) is 10.2 Å². The Hall–Kier alpha value is -1.30. The van der Waals surface area contributed by atoms with Gasteiger partial charge in [0.2, 0.25) is 0 Å². The van der Waals surface area contributed by atoms with Gasteiger partial charge in [0.1, 0.15) is 0 Å². The van der Waals surface area contributed by atoms with Crippen molar-refractivity contribution in [3.8, 4) is 0 Å². The molecule has 6 heteroatoms. The van der Waals surface area contributed by atoms with Gasteiger partial charge in [0.25, 0.3) is 0 Å². The predicted molar refractivity (Wildman–Crippen MR) is 66.2 cm³/mol. The topological polar surface area (TPSA) is 89.9 Å². The highest BCUT2D eigenvalue weighted by molar-refractivity contribution is 5.77. The predicted octanol–water partition coefficient (Wildman–Crippen LogP) is 0.508. The molecule has 0 aliphatic carbocycles. The number of nitrogens with zero attached hydrogens (tertiary/aromatic N) is 1. The number of amides is 2. The molecule has 2 amide bonds.